The molecule has 2 amide bonds. The first-order valence-corrected chi connectivity index (χ1v) is 10.6. The van der Waals surface area contributed by atoms with Crippen LogP contribution in [0.1, 0.15) is 18.4 Å². The molecule has 1 atom stereocenters. The van der Waals surface area contributed by atoms with Crippen LogP contribution in [0.3, 0.4) is 0 Å². The molecule has 1 aromatic heterocycles. The van der Waals surface area contributed by atoms with Gasteiger partial charge in [-0.3, -0.25) is 24.7 Å². The number of anilines is 1. The minimum absolute atomic E-state index is 0. The molecular weight excluding hydrogens is 521 g/mol. The van der Waals surface area contributed by atoms with Gasteiger partial charge in [-0.2, -0.15) is 13.2 Å². The Morgan fingerprint density at radius 3 is 2.38 bits per heavy atom. The average Bonchev–Trinajstić information content (AvgIpc) is 2.81. The molecule has 0 aliphatic heterocycles. The van der Waals surface area contributed by atoms with E-state index in [1.165, 1.54) is 18.3 Å². The van der Waals surface area contributed by atoms with Crippen LogP contribution in [-0.2, 0) is 27.5 Å². The van der Waals surface area contributed by atoms with Crippen molar-refractivity contribution in [1.29, 1.82) is 0 Å². The van der Waals surface area contributed by atoms with Crippen molar-refractivity contribution in [1.82, 2.24) is 9.88 Å². The Morgan fingerprint density at radius 2 is 1.76 bits per heavy atom. The second-order valence-corrected chi connectivity index (χ2v) is 7.47. The highest BCUT2D eigenvalue weighted by Crippen LogP contribution is 2.20. The van der Waals surface area contributed by atoms with Crippen LogP contribution >= 0.6 is 12.4 Å². The third-order valence-corrected chi connectivity index (χ3v) is 4.66. The first-order valence-electron chi connectivity index (χ1n) is 10.6. The fourth-order valence-corrected chi connectivity index (χ4v) is 2.99. The van der Waals surface area contributed by atoms with E-state index in [1.807, 2.05) is 5.32 Å². The van der Waals surface area contributed by atoms with Crippen molar-refractivity contribution in [3.8, 4) is 0 Å². The molecule has 0 aliphatic carbocycles. The van der Waals surface area contributed by atoms with Crippen molar-refractivity contribution < 1.29 is 32.3 Å². The van der Waals surface area contributed by atoms with Gasteiger partial charge >= 0.3 is 12.3 Å². The number of Topliss-reactive ketones (excluding diaryl/α,β-unsaturated/α-hetero) is 1. The molecule has 1 unspecified atom stereocenters. The van der Waals surface area contributed by atoms with E-state index in [4.69, 9.17) is 16.2 Å². The largest absolute Gasteiger partial charge is 0.452 e. The number of rotatable bonds is 11. The summed E-state index contributed by atoms with van der Waals surface area (Å²) >= 11 is 0. The zero-order valence-corrected chi connectivity index (χ0v) is 20.2. The minimum atomic E-state index is -5.19. The number of nitrogens with zero attached hydrogens (tertiary/aromatic N) is 2. The molecule has 2 rings (SSSR count). The van der Waals surface area contributed by atoms with Crippen LogP contribution in [0.4, 0.5) is 23.7 Å². The normalized spacial score (nSPS) is 11.4. The molecule has 202 valence electrons. The fourth-order valence-electron chi connectivity index (χ4n) is 2.99. The summed E-state index contributed by atoms with van der Waals surface area (Å²) in [4.78, 5) is 52.3. The number of hydrogen-bond donors (Lipinski definition) is 4. The number of nitrogens with two attached hydrogens (primary N) is 2. The summed E-state index contributed by atoms with van der Waals surface area (Å²) in [6.45, 7) is -0.801. The number of amides is 2. The number of halogens is 4. The second kappa shape index (κ2) is 14.5. The van der Waals surface area contributed by atoms with Gasteiger partial charge in [0.05, 0.1) is 6.04 Å². The number of guanidine groups is 1. The summed E-state index contributed by atoms with van der Waals surface area (Å²) in [5, 5.41) is 4.25. The van der Waals surface area contributed by atoms with Gasteiger partial charge in [-0.25, -0.2) is 4.79 Å². The van der Waals surface area contributed by atoms with Crippen molar-refractivity contribution in [2.24, 2.45) is 16.5 Å². The summed E-state index contributed by atoms with van der Waals surface area (Å²) < 4.78 is 44.7. The van der Waals surface area contributed by atoms with Crippen LogP contribution in [0.15, 0.2) is 58.4 Å². The fraction of sp³-hybridized carbons (Fsp3) is 0.318. The SMILES string of the molecule is Cl.NC(N)=NCCCC(NC(=O)Cn1cccc(NC(=O)OCc2ccccc2)c1=O)C(=O)C(F)(F)F. The van der Waals surface area contributed by atoms with Crippen molar-refractivity contribution >= 4 is 41.8 Å². The Labute approximate surface area is 215 Å². The van der Waals surface area contributed by atoms with Gasteiger partial charge in [0.1, 0.15) is 18.8 Å². The Kier molecular flexibility index (Phi) is 12.1. The van der Waals surface area contributed by atoms with Gasteiger partial charge in [-0.15, -0.1) is 12.4 Å². The lowest BCUT2D eigenvalue weighted by molar-refractivity contribution is -0.174. The van der Waals surface area contributed by atoms with Crippen LogP contribution in [0.5, 0.6) is 0 Å². The number of carbonyl (C=O) groups excluding carboxylic acids is 3. The zero-order valence-electron chi connectivity index (χ0n) is 19.4. The zero-order chi connectivity index (χ0) is 26.7. The Morgan fingerprint density at radius 1 is 1.08 bits per heavy atom. The van der Waals surface area contributed by atoms with Gasteiger partial charge < -0.3 is 26.1 Å². The van der Waals surface area contributed by atoms with Crippen molar-refractivity contribution in [2.75, 3.05) is 11.9 Å². The highest BCUT2D eigenvalue weighted by atomic mass is 35.5. The van der Waals surface area contributed by atoms with E-state index in [0.29, 0.717) is 0 Å². The van der Waals surface area contributed by atoms with Gasteiger partial charge in [0.2, 0.25) is 5.91 Å². The van der Waals surface area contributed by atoms with Gasteiger partial charge in [-0.1, -0.05) is 30.3 Å². The lowest BCUT2D eigenvalue weighted by Gasteiger charge is -2.19. The van der Waals surface area contributed by atoms with Crippen LogP contribution < -0.4 is 27.7 Å². The lowest BCUT2D eigenvalue weighted by atomic mass is 10.1. The summed E-state index contributed by atoms with van der Waals surface area (Å²) in [5.41, 5.74) is 9.99. The molecular formula is C22H26ClF3N6O5. The molecule has 6 N–H and O–H groups in total. The molecule has 0 bridgehead atoms. The molecule has 15 heteroatoms. The molecule has 0 radical (unpaired) electrons. The monoisotopic (exact) mass is 546 g/mol. The predicted molar refractivity (Wildman–Crippen MR) is 131 cm³/mol. The van der Waals surface area contributed by atoms with Crippen LogP contribution in [-0.4, -0.2) is 47.1 Å². The van der Waals surface area contributed by atoms with Gasteiger partial charge in [0.15, 0.2) is 5.96 Å². The number of carbonyl (C=O) groups is 3. The maximum atomic E-state index is 12.9. The van der Waals surface area contributed by atoms with Crippen molar-refractivity contribution in [3.63, 3.8) is 0 Å². The maximum Gasteiger partial charge on any atom is 0.452 e. The first kappa shape index (κ1) is 31.0. The summed E-state index contributed by atoms with van der Waals surface area (Å²) in [6, 6.07) is 9.49. The van der Waals surface area contributed by atoms with Crippen molar-refractivity contribution in [2.45, 2.75) is 38.2 Å². The number of benzene rings is 1. The molecule has 0 spiro atoms. The standard InChI is InChI=1S/C22H25F3N6O5.ClH/c23-22(24,25)18(33)15(8-4-10-28-20(26)27)29-17(32)12-31-11-5-9-16(19(31)34)30-21(35)36-13-14-6-2-1-3-7-14;/h1-3,5-7,9,11,15H,4,8,10,12-13H2,(H,29,32)(H,30,35)(H4,26,27,28);1H. The molecule has 11 nitrogen and oxygen atoms in total. The number of aliphatic imine (C=N–C) groups is 1. The third kappa shape index (κ3) is 10.6. The van der Waals surface area contributed by atoms with Gasteiger partial charge in [0.25, 0.3) is 11.3 Å². The maximum absolute atomic E-state index is 12.9. The Balaban J connectivity index is 0.00000684. The molecule has 1 heterocycles. The van der Waals surface area contributed by atoms with Gasteiger partial charge in [0, 0.05) is 12.7 Å². The van der Waals surface area contributed by atoms with Crippen LogP contribution in [0.25, 0.3) is 0 Å². The molecule has 0 aliphatic rings. The van der Waals surface area contributed by atoms with E-state index < -0.39 is 42.1 Å². The van der Waals surface area contributed by atoms with E-state index in [0.717, 1.165) is 10.1 Å². The average molecular weight is 547 g/mol. The van der Waals surface area contributed by atoms with E-state index in [1.54, 1.807) is 30.3 Å². The highest BCUT2D eigenvalue weighted by molar-refractivity contribution is 5.92. The van der Waals surface area contributed by atoms with E-state index >= 15 is 0 Å². The quantitative estimate of drug-likeness (QED) is 0.189. The van der Waals surface area contributed by atoms with E-state index in [9.17, 15) is 32.3 Å². The number of aromatic nitrogens is 1. The molecule has 2 aromatic rings. The number of alkyl halides is 3. The van der Waals surface area contributed by atoms with Crippen LogP contribution in [0, 0.1) is 0 Å². The van der Waals surface area contributed by atoms with E-state index in [-0.39, 0.29) is 50.0 Å². The van der Waals surface area contributed by atoms with Gasteiger partial charge in [-0.05, 0) is 30.5 Å². The molecule has 1 aromatic carbocycles. The number of ether oxygens (including phenoxy) is 1. The van der Waals surface area contributed by atoms with Crippen molar-refractivity contribution in [3.05, 3.63) is 64.6 Å². The Bertz CT molecular complexity index is 1150. The minimum Gasteiger partial charge on any atom is -0.444 e. The molecule has 37 heavy (non-hydrogen) atoms. The lowest BCUT2D eigenvalue weighted by Crippen LogP contribution is -2.48. The number of nitrogens with one attached hydrogen (secondary N) is 2. The number of ketones is 1. The molecule has 0 fully saturated rings. The smallest absolute Gasteiger partial charge is 0.444 e. The predicted octanol–water partition coefficient (Wildman–Crippen LogP) is 1.69. The van der Waals surface area contributed by atoms with Crippen LogP contribution in [0.2, 0.25) is 0 Å². The number of pyridine rings is 1. The number of hydrogen-bond acceptors (Lipinski definition) is 6. The first-order chi connectivity index (χ1) is 17.0. The summed E-state index contributed by atoms with van der Waals surface area (Å²) in [7, 11) is 0. The topological polar surface area (TPSA) is 171 Å². The summed E-state index contributed by atoms with van der Waals surface area (Å²) in [5.74, 6) is -3.44. The molecule has 0 saturated carbocycles. The Hall–Kier alpha value is -4.07. The summed E-state index contributed by atoms with van der Waals surface area (Å²) in [6.07, 6.45) is -5.31. The molecule has 0 saturated heterocycles. The van der Waals surface area contributed by atoms with E-state index in [2.05, 4.69) is 10.3 Å². The highest BCUT2D eigenvalue weighted by Gasteiger charge is 2.43. The second-order valence-electron chi connectivity index (χ2n) is 7.47. The third-order valence-electron chi connectivity index (χ3n) is 4.66.